The lowest BCUT2D eigenvalue weighted by molar-refractivity contribution is -0.132. The van der Waals surface area contributed by atoms with Gasteiger partial charge in [0, 0.05) is 7.05 Å². The molecule has 0 aromatic rings. The molecule has 1 amide bonds. The SMILES string of the molecule is CC(C)/C=C/C(=O)N(C)CCOC=O. The van der Waals surface area contributed by atoms with Gasteiger partial charge < -0.3 is 9.64 Å². The molecule has 80 valence electrons. The van der Waals surface area contributed by atoms with Crippen molar-refractivity contribution in [1.82, 2.24) is 4.90 Å². The van der Waals surface area contributed by atoms with E-state index in [-0.39, 0.29) is 12.5 Å². The van der Waals surface area contributed by atoms with Crippen molar-refractivity contribution in [2.24, 2.45) is 5.92 Å². The van der Waals surface area contributed by atoms with Crippen LogP contribution in [0.4, 0.5) is 0 Å². The van der Waals surface area contributed by atoms with Gasteiger partial charge in [-0.25, -0.2) is 0 Å². The molecule has 4 nitrogen and oxygen atoms in total. The van der Waals surface area contributed by atoms with Crippen molar-refractivity contribution >= 4 is 12.4 Å². The number of allylic oxidation sites excluding steroid dienone is 1. The second-order valence-electron chi connectivity index (χ2n) is 3.33. The predicted octanol–water partition coefficient (Wildman–Crippen LogP) is 0.830. The zero-order chi connectivity index (χ0) is 11.0. The van der Waals surface area contributed by atoms with E-state index >= 15 is 0 Å². The fourth-order valence-corrected chi connectivity index (χ4v) is 0.750. The van der Waals surface area contributed by atoms with Gasteiger partial charge in [-0.1, -0.05) is 19.9 Å². The van der Waals surface area contributed by atoms with Gasteiger partial charge in [0.1, 0.15) is 6.61 Å². The number of amides is 1. The molecule has 0 rings (SSSR count). The predicted molar refractivity (Wildman–Crippen MR) is 53.6 cm³/mol. The molecule has 0 aliphatic heterocycles. The second-order valence-corrected chi connectivity index (χ2v) is 3.33. The van der Waals surface area contributed by atoms with Crippen LogP contribution in [0.15, 0.2) is 12.2 Å². The fraction of sp³-hybridized carbons (Fsp3) is 0.600. The number of hydrogen-bond acceptors (Lipinski definition) is 3. The van der Waals surface area contributed by atoms with E-state index in [2.05, 4.69) is 4.74 Å². The van der Waals surface area contributed by atoms with Crippen LogP contribution in [0.25, 0.3) is 0 Å². The van der Waals surface area contributed by atoms with Gasteiger partial charge in [-0.3, -0.25) is 9.59 Å². The first-order chi connectivity index (χ1) is 6.57. The van der Waals surface area contributed by atoms with Crippen LogP contribution in [0.2, 0.25) is 0 Å². The summed E-state index contributed by atoms with van der Waals surface area (Å²) in [5.74, 6) is 0.284. The first-order valence-electron chi connectivity index (χ1n) is 4.56. The van der Waals surface area contributed by atoms with Crippen molar-refractivity contribution in [3.05, 3.63) is 12.2 Å². The van der Waals surface area contributed by atoms with E-state index in [9.17, 15) is 9.59 Å². The number of likely N-dealkylation sites (N-methyl/N-ethyl adjacent to an activating group) is 1. The Morgan fingerprint density at radius 1 is 1.50 bits per heavy atom. The van der Waals surface area contributed by atoms with Crippen LogP contribution in [0.5, 0.6) is 0 Å². The minimum atomic E-state index is -0.0757. The van der Waals surface area contributed by atoms with Crippen molar-refractivity contribution < 1.29 is 14.3 Å². The highest BCUT2D eigenvalue weighted by molar-refractivity contribution is 5.87. The third-order valence-electron chi connectivity index (χ3n) is 1.61. The first-order valence-corrected chi connectivity index (χ1v) is 4.56. The van der Waals surface area contributed by atoms with E-state index in [0.29, 0.717) is 18.9 Å². The summed E-state index contributed by atoms with van der Waals surface area (Å²) in [5, 5.41) is 0. The van der Waals surface area contributed by atoms with Gasteiger partial charge in [0.25, 0.3) is 6.47 Å². The molecule has 0 saturated carbocycles. The molecule has 0 aliphatic rings. The Balaban J connectivity index is 3.81. The summed E-state index contributed by atoms with van der Waals surface area (Å²) in [7, 11) is 1.67. The Hall–Kier alpha value is -1.32. The smallest absolute Gasteiger partial charge is 0.293 e. The largest absolute Gasteiger partial charge is 0.466 e. The molecule has 0 N–H and O–H groups in total. The van der Waals surface area contributed by atoms with Crippen LogP contribution in [0.1, 0.15) is 13.8 Å². The van der Waals surface area contributed by atoms with E-state index in [1.165, 1.54) is 11.0 Å². The minimum Gasteiger partial charge on any atom is -0.466 e. The van der Waals surface area contributed by atoms with E-state index in [1.807, 2.05) is 19.9 Å². The van der Waals surface area contributed by atoms with Crippen LogP contribution in [0.3, 0.4) is 0 Å². The average Bonchev–Trinajstić information content (AvgIpc) is 2.14. The molecule has 14 heavy (non-hydrogen) atoms. The summed E-state index contributed by atoms with van der Waals surface area (Å²) < 4.78 is 4.48. The van der Waals surface area contributed by atoms with Crippen LogP contribution >= 0.6 is 0 Å². The quantitative estimate of drug-likeness (QED) is 0.361. The van der Waals surface area contributed by atoms with Gasteiger partial charge >= 0.3 is 0 Å². The lowest BCUT2D eigenvalue weighted by Gasteiger charge is -2.13. The summed E-state index contributed by atoms with van der Waals surface area (Å²) >= 11 is 0. The maximum atomic E-state index is 11.3. The molecule has 0 fully saturated rings. The van der Waals surface area contributed by atoms with E-state index in [0.717, 1.165) is 0 Å². The van der Waals surface area contributed by atoms with Crippen LogP contribution in [-0.4, -0.2) is 37.5 Å². The van der Waals surface area contributed by atoms with E-state index in [4.69, 9.17) is 0 Å². The normalized spacial score (nSPS) is 10.6. The summed E-state index contributed by atoms with van der Waals surface area (Å²) in [6, 6.07) is 0. The number of hydrogen-bond donors (Lipinski definition) is 0. The minimum absolute atomic E-state index is 0.0757. The standard InChI is InChI=1S/C10H17NO3/c1-9(2)4-5-10(13)11(3)6-7-14-8-12/h4-5,8-9H,6-7H2,1-3H3/b5-4+. The van der Waals surface area contributed by atoms with Gasteiger partial charge in [-0.05, 0) is 12.0 Å². The summed E-state index contributed by atoms with van der Waals surface area (Å²) in [6.45, 7) is 5.03. The molecule has 0 atom stereocenters. The Morgan fingerprint density at radius 3 is 2.64 bits per heavy atom. The van der Waals surface area contributed by atoms with Crippen LogP contribution in [-0.2, 0) is 14.3 Å². The Kier molecular flexibility index (Phi) is 6.45. The van der Waals surface area contributed by atoms with Crippen LogP contribution < -0.4 is 0 Å². The van der Waals surface area contributed by atoms with Crippen molar-refractivity contribution in [1.29, 1.82) is 0 Å². The van der Waals surface area contributed by atoms with Crippen molar-refractivity contribution in [2.45, 2.75) is 13.8 Å². The second kappa shape index (κ2) is 7.12. The highest BCUT2D eigenvalue weighted by Gasteiger charge is 2.03. The molecule has 0 aliphatic carbocycles. The topological polar surface area (TPSA) is 46.6 Å². The Morgan fingerprint density at radius 2 is 2.14 bits per heavy atom. The number of rotatable bonds is 6. The Labute approximate surface area is 84.5 Å². The monoisotopic (exact) mass is 199 g/mol. The maximum absolute atomic E-state index is 11.3. The van der Waals surface area contributed by atoms with Crippen molar-refractivity contribution in [3.63, 3.8) is 0 Å². The van der Waals surface area contributed by atoms with Gasteiger partial charge in [-0.2, -0.15) is 0 Å². The molecule has 0 aromatic heterocycles. The molecule has 0 bridgehead atoms. The van der Waals surface area contributed by atoms with Gasteiger partial charge in [0.05, 0.1) is 6.54 Å². The lowest BCUT2D eigenvalue weighted by atomic mass is 10.2. The first kappa shape index (κ1) is 12.7. The molecular formula is C10H17NO3. The van der Waals surface area contributed by atoms with Gasteiger partial charge in [-0.15, -0.1) is 0 Å². The maximum Gasteiger partial charge on any atom is 0.293 e. The third kappa shape index (κ3) is 6.22. The molecule has 0 aromatic carbocycles. The highest BCUT2D eigenvalue weighted by atomic mass is 16.5. The molecule has 0 saturated heterocycles. The van der Waals surface area contributed by atoms with Crippen molar-refractivity contribution in [2.75, 3.05) is 20.2 Å². The molecule has 4 heteroatoms. The molecular weight excluding hydrogens is 182 g/mol. The van der Waals surface area contributed by atoms with Crippen molar-refractivity contribution in [3.8, 4) is 0 Å². The average molecular weight is 199 g/mol. The highest BCUT2D eigenvalue weighted by Crippen LogP contribution is 1.95. The zero-order valence-corrected chi connectivity index (χ0v) is 8.90. The van der Waals surface area contributed by atoms with E-state index in [1.54, 1.807) is 7.05 Å². The lowest BCUT2D eigenvalue weighted by Crippen LogP contribution is -2.28. The van der Waals surface area contributed by atoms with Crippen LogP contribution in [0, 0.1) is 5.92 Å². The molecule has 0 radical (unpaired) electrons. The van der Waals surface area contributed by atoms with Gasteiger partial charge in [0.2, 0.25) is 5.91 Å². The number of carbonyl (C=O) groups excluding carboxylic acids is 2. The molecule has 0 heterocycles. The van der Waals surface area contributed by atoms with E-state index < -0.39 is 0 Å². The zero-order valence-electron chi connectivity index (χ0n) is 8.90. The summed E-state index contributed by atoms with van der Waals surface area (Å²) in [5.41, 5.74) is 0. The molecule has 0 unspecified atom stereocenters. The number of carbonyl (C=O) groups is 2. The Bertz CT molecular complexity index is 211. The number of nitrogens with zero attached hydrogens (tertiary/aromatic N) is 1. The third-order valence-corrected chi connectivity index (χ3v) is 1.61. The number of ether oxygens (including phenoxy) is 1. The molecule has 0 spiro atoms. The van der Waals surface area contributed by atoms with Gasteiger partial charge in [0.15, 0.2) is 0 Å². The summed E-state index contributed by atoms with van der Waals surface area (Å²) in [6.07, 6.45) is 3.37. The fourth-order valence-electron chi connectivity index (χ4n) is 0.750. The summed E-state index contributed by atoms with van der Waals surface area (Å²) in [4.78, 5) is 22.7.